The summed E-state index contributed by atoms with van der Waals surface area (Å²) in [5, 5.41) is 2.74. The molecule has 0 radical (unpaired) electrons. The molecule has 1 aliphatic rings. The predicted octanol–water partition coefficient (Wildman–Crippen LogP) is 5.71. The van der Waals surface area contributed by atoms with Gasteiger partial charge in [-0.25, -0.2) is 4.31 Å². The molecule has 0 fully saturated rings. The minimum atomic E-state index is -0.307. The fraction of sp³-hybridized carbons (Fsp3) is 0.0476. The van der Waals surface area contributed by atoms with Crippen molar-refractivity contribution >= 4 is 51.2 Å². The van der Waals surface area contributed by atoms with Gasteiger partial charge < -0.3 is 0 Å². The Morgan fingerprint density at radius 1 is 0.846 bits per heavy atom. The van der Waals surface area contributed by atoms with Gasteiger partial charge in [-0.2, -0.15) is 0 Å². The summed E-state index contributed by atoms with van der Waals surface area (Å²) in [6.07, 6.45) is 0. The van der Waals surface area contributed by atoms with Gasteiger partial charge in [0, 0.05) is 4.91 Å². The van der Waals surface area contributed by atoms with Crippen LogP contribution in [0.3, 0.4) is 0 Å². The van der Waals surface area contributed by atoms with Crippen LogP contribution in [0.15, 0.2) is 71.6 Å². The second-order valence-corrected chi connectivity index (χ2v) is 7.51. The summed E-state index contributed by atoms with van der Waals surface area (Å²) < 4.78 is 1.17. The number of rotatable bonds is 3. The van der Waals surface area contributed by atoms with E-state index in [2.05, 4.69) is 0 Å². The molecule has 2 amide bonds. The number of halogens is 1. The molecule has 26 heavy (non-hydrogen) atoms. The molecule has 1 heterocycles. The summed E-state index contributed by atoms with van der Waals surface area (Å²) in [4.78, 5) is 25.7. The highest BCUT2D eigenvalue weighted by Gasteiger charge is 2.36. The molecule has 0 N–H and O–H groups in total. The first-order valence-electron chi connectivity index (χ1n) is 8.07. The van der Waals surface area contributed by atoms with Crippen LogP contribution in [-0.2, 0) is 0 Å². The highest BCUT2D eigenvalue weighted by atomic mass is 35.5. The van der Waals surface area contributed by atoms with Crippen molar-refractivity contribution < 1.29 is 9.59 Å². The molecule has 128 valence electrons. The maximum Gasteiger partial charge on any atom is 0.272 e. The van der Waals surface area contributed by atoms with E-state index in [1.54, 1.807) is 24.3 Å². The second-order valence-electron chi connectivity index (χ2n) is 5.97. The molecule has 4 rings (SSSR count). The van der Waals surface area contributed by atoms with E-state index in [0.29, 0.717) is 21.1 Å². The monoisotopic (exact) mass is 379 g/mol. The minimum absolute atomic E-state index is 0.307. The standard InChI is InChI=1S/C21H14ClNO2S/c1-13(19(22)16-11-10-14-6-2-3-7-15(14)12-16)26-23-20(24)17-8-4-5-9-18(17)21(23)25/h2-12H,1H3/b19-13+. The Hall–Kier alpha value is -2.56. The van der Waals surface area contributed by atoms with Crippen LogP contribution >= 0.6 is 23.5 Å². The van der Waals surface area contributed by atoms with Gasteiger partial charge >= 0.3 is 0 Å². The van der Waals surface area contributed by atoms with Crippen molar-refractivity contribution in [3.05, 3.63) is 88.3 Å². The SMILES string of the molecule is C/C(SN1C(=O)c2ccccc2C1=O)=C(\Cl)c1ccc2ccccc2c1. The Morgan fingerprint density at radius 2 is 1.42 bits per heavy atom. The van der Waals surface area contributed by atoms with Crippen molar-refractivity contribution in [1.29, 1.82) is 0 Å². The summed E-state index contributed by atoms with van der Waals surface area (Å²) in [6.45, 7) is 1.81. The topological polar surface area (TPSA) is 37.4 Å². The lowest BCUT2D eigenvalue weighted by Crippen LogP contribution is -2.22. The van der Waals surface area contributed by atoms with E-state index in [1.807, 2.05) is 49.4 Å². The van der Waals surface area contributed by atoms with Crippen LogP contribution in [-0.4, -0.2) is 16.1 Å². The van der Waals surface area contributed by atoms with Gasteiger partial charge in [0.25, 0.3) is 11.8 Å². The number of hydrogen-bond donors (Lipinski definition) is 0. The number of amides is 2. The maximum absolute atomic E-state index is 12.5. The molecule has 3 aromatic carbocycles. The largest absolute Gasteiger partial charge is 0.272 e. The van der Waals surface area contributed by atoms with Gasteiger partial charge in [0.15, 0.2) is 0 Å². The second kappa shape index (κ2) is 6.63. The number of carbonyl (C=O) groups is 2. The quantitative estimate of drug-likeness (QED) is 0.432. The number of hydrogen-bond acceptors (Lipinski definition) is 3. The van der Waals surface area contributed by atoms with Crippen LogP contribution in [0, 0.1) is 0 Å². The van der Waals surface area contributed by atoms with E-state index in [0.717, 1.165) is 28.3 Å². The molecule has 0 spiro atoms. The van der Waals surface area contributed by atoms with Gasteiger partial charge in [-0.1, -0.05) is 60.1 Å². The Bertz CT molecular complexity index is 1060. The molecular formula is C21H14ClNO2S. The first kappa shape index (κ1) is 16.9. The summed E-state index contributed by atoms with van der Waals surface area (Å²) in [6, 6.07) is 20.8. The van der Waals surface area contributed by atoms with Gasteiger partial charge in [0.1, 0.15) is 0 Å². The molecule has 3 nitrogen and oxygen atoms in total. The maximum atomic E-state index is 12.5. The zero-order chi connectivity index (χ0) is 18.3. The van der Waals surface area contributed by atoms with E-state index < -0.39 is 0 Å². The molecule has 0 unspecified atom stereocenters. The van der Waals surface area contributed by atoms with Crippen molar-refractivity contribution in [2.45, 2.75) is 6.92 Å². The number of nitrogens with zero attached hydrogens (tertiary/aromatic N) is 1. The van der Waals surface area contributed by atoms with Crippen molar-refractivity contribution in [1.82, 2.24) is 4.31 Å². The zero-order valence-corrected chi connectivity index (χ0v) is 15.5. The highest BCUT2D eigenvalue weighted by Crippen LogP contribution is 2.37. The number of allylic oxidation sites excluding steroid dienone is 1. The molecule has 3 aromatic rings. The van der Waals surface area contributed by atoms with E-state index in [-0.39, 0.29) is 11.8 Å². The van der Waals surface area contributed by atoms with E-state index in [1.165, 1.54) is 4.31 Å². The smallest absolute Gasteiger partial charge is 0.268 e. The number of fused-ring (bicyclic) bond motifs is 2. The zero-order valence-electron chi connectivity index (χ0n) is 13.9. The number of benzene rings is 3. The average Bonchev–Trinajstić information content (AvgIpc) is 2.92. The molecule has 0 atom stereocenters. The first-order chi connectivity index (χ1) is 12.6. The molecule has 0 bridgehead atoms. The third-order valence-electron chi connectivity index (χ3n) is 4.30. The Labute approximate surface area is 160 Å². The molecular weight excluding hydrogens is 366 g/mol. The van der Waals surface area contributed by atoms with Crippen LogP contribution in [0.5, 0.6) is 0 Å². The van der Waals surface area contributed by atoms with Crippen molar-refractivity contribution in [2.75, 3.05) is 0 Å². The molecule has 5 heteroatoms. The lowest BCUT2D eigenvalue weighted by atomic mass is 10.1. The molecule has 1 aliphatic heterocycles. The fourth-order valence-corrected chi connectivity index (χ4v) is 4.01. The van der Waals surface area contributed by atoms with E-state index >= 15 is 0 Å². The lowest BCUT2D eigenvalue weighted by Gasteiger charge is -2.14. The summed E-state index contributed by atoms with van der Waals surface area (Å²) in [5.41, 5.74) is 1.71. The number of carbonyl (C=O) groups excluding carboxylic acids is 2. The predicted molar refractivity (Wildman–Crippen MR) is 107 cm³/mol. The van der Waals surface area contributed by atoms with Crippen LogP contribution in [0.2, 0.25) is 0 Å². The van der Waals surface area contributed by atoms with Crippen LogP contribution < -0.4 is 0 Å². The van der Waals surface area contributed by atoms with E-state index in [9.17, 15) is 9.59 Å². The van der Waals surface area contributed by atoms with Crippen molar-refractivity contribution in [3.63, 3.8) is 0 Å². The molecule has 0 aliphatic carbocycles. The lowest BCUT2D eigenvalue weighted by molar-refractivity contribution is 0.0777. The molecule has 0 aromatic heterocycles. The summed E-state index contributed by atoms with van der Waals surface area (Å²) in [7, 11) is 0. The van der Waals surface area contributed by atoms with Crippen molar-refractivity contribution in [2.24, 2.45) is 0 Å². The highest BCUT2D eigenvalue weighted by molar-refractivity contribution is 8.02. The summed E-state index contributed by atoms with van der Waals surface area (Å²) >= 11 is 7.62. The molecule has 0 saturated heterocycles. The fourth-order valence-electron chi connectivity index (χ4n) is 2.96. The van der Waals surface area contributed by atoms with Gasteiger partial charge in [0.05, 0.1) is 16.2 Å². The Balaban J connectivity index is 1.65. The van der Waals surface area contributed by atoms with Gasteiger partial charge in [-0.15, -0.1) is 0 Å². The number of imide groups is 1. The normalized spacial score (nSPS) is 14.6. The first-order valence-corrected chi connectivity index (χ1v) is 9.23. The van der Waals surface area contributed by atoms with Crippen LogP contribution in [0.25, 0.3) is 15.8 Å². The van der Waals surface area contributed by atoms with Crippen molar-refractivity contribution in [3.8, 4) is 0 Å². The van der Waals surface area contributed by atoms with Gasteiger partial charge in [-0.3, -0.25) is 9.59 Å². The third-order valence-corrected chi connectivity index (χ3v) is 5.90. The van der Waals surface area contributed by atoms with Gasteiger partial charge in [-0.05, 0) is 53.4 Å². The van der Waals surface area contributed by atoms with Crippen LogP contribution in [0.1, 0.15) is 33.2 Å². The third kappa shape index (κ3) is 2.81. The summed E-state index contributed by atoms with van der Waals surface area (Å²) in [5.74, 6) is -0.615. The Kier molecular flexibility index (Phi) is 4.31. The molecule has 0 saturated carbocycles. The van der Waals surface area contributed by atoms with Gasteiger partial charge in [0.2, 0.25) is 0 Å². The van der Waals surface area contributed by atoms with Crippen LogP contribution in [0.4, 0.5) is 0 Å². The Morgan fingerprint density at radius 3 is 2.08 bits per heavy atom. The average molecular weight is 380 g/mol. The minimum Gasteiger partial charge on any atom is -0.268 e. The van der Waals surface area contributed by atoms with E-state index in [4.69, 9.17) is 11.6 Å².